The van der Waals surface area contributed by atoms with Crippen LogP contribution in [0.2, 0.25) is 0 Å². The van der Waals surface area contributed by atoms with Crippen molar-refractivity contribution in [1.29, 1.82) is 0 Å². The number of amides is 1. The molecule has 1 saturated carbocycles. The number of likely N-dealkylation sites (tertiary alicyclic amines) is 1. The highest BCUT2D eigenvalue weighted by atomic mass is 16.5. The van der Waals surface area contributed by atoms with Crippen molar-refractivity contribution in [3.8, 4) is 5.75 Å². The van der Waals surface area contributed by atoms with Crippen LogP contribution >= 0.6 is 0 Å². The van der Waals surface area contributed by atoms with E-state index in [1.807, 2.05) is 29.2 Å². The van der Waals surface area contributed by atoms with Gasteiger partial charge >= 0.3 is 0 Å². The summed E-state index contributed by atoms with van der Waals surface area (Å²) in [5.41, 5.74) is 0.693. The van der Waals surface area contributed by atoms with Crippen LogP contribution in [0.1, 0.15) is 62.2 Å². The van der Waals surface area contributed by atoms with Crippen molar-refractivity contribution in [2.75, 3.05) is 6.54 Å². The summed E-state index contributed by atoms with van der Waals surface area (Å²) in [6.07, 6.45) is 7.28. The average Bonchev–Trinajstić information content (AvgIpc) is 3.18. The van der Waals surface area contributed by atoms with Crippen LogP contribution in [-0.2, 0) is 0 Å². The first-order valence-corrected chi connectivity index (χ1v) is 8.89. The molecule has 2 unspecified atom stereocenters. The number of nitrogens with zero attached hydrogens (tertiary/aromatic N) is 1. The van der Waals surface area contributed by atoms with Gasteiger partial charge in [0.25, 0.3) is 5.91 Å². The Morgan fingerprint density at radius 2 is 2.09 bits per heavy atom. The van der Waals surface area contributed by atoms with E-state index in [1.165, 1.54) is 12.8 Å². The van der Waals surface area contributed by atoms with Crippen LogP contribution in [0.5, 0.6) is 5.75 Å². The molecule has 1 aromatic rings. The van der Waals surface area contributed by atoms with Gasteiger partial charge in [-0.15, -0.1) is 0 Å². The smallest absolute Gasteiger partial charge is 0.254 e. The maximum absolute atomic E-state index is 12.8. The number of rotatable bonds is 5. The topological polar surface area (TPSA) is 49.8 Å². The fourth-order valence-electron chi connectivity index (χ4n) is 3.81. The molecule has 0 aromatic heterocycles. The number of carbonyl (C=O) groups is 1. The molecule has 2 aliphatic rings. The highest BCUT2D eigenvalue weighted by Crippen LogP contribution is 2.27. The van der Waals surface area contributed by atoms with Crippen LogP contribution in [0.4, 0.5) is 0 Å². The van der Waals surface area contributed by atoms with Gasteiger partial charge in [-0.3, -0.25) is 4.79 Å². The molecule has 2 fully saturated rings. The minimum atomic E-state index is -0.370. The maximum Gasteiger partial charge on any atom is 0.254 e. The second kappa shape index (κ2) is 7.35. The zero-order valence-electron chi connectivity index (χ0n) is 13.9. The van der Waals surface area contributed by atoms with E-state index in [-0.39, 0.29) is 18.1 Å². The SMILES string of the molecule is CC(O)CC1CCCN1C(=O)c1cccc(OC2CCCC2)c1. The van der Waals surface area contributed by atoms with Crippen molar-refractivity contribution in [1.82, 2.24) is 4.90 Å². The molecule has 3 rings (SSSR count). The zero-order valence-corrected chi connectivity index (χ0v) is 13.9. The van der Waals surface area contributed by atoms with Crippen LogP contribution < -0.4 is 4.74 Å². The summed E-state index contributed by atoms with van der Waals surface area (Å²) < 4.78 is 6.01. The molecule has 4 nitrogen and oxygen atoms in total. The second-order valence-electron chi connectivity index (χ2n) is 6.93. The average molecular weight is 317 g/mol. The van der Waals surface area contributed by atoms with E-state index in [2.05, 4.69) is 0 Å². The van der Waals surface area contributed by atoms with Crippen molar-refractivity contribution < 1.29 is 14.6 Å². The van der Waals surface area contributed by atoms with Gasteiger partial charge in [-0.05, 0) is 70.1 Å². The van der Waals surface area contributed by atoms with Crippen LogP contribution in [-0.4, -0.2) is 40.7 Å². The van der Waals surface area contributed by atoms with Crippen LogP contribution in [0.3, 0.4) is 0 Å². The van der Waals surface area contributed by atoms with Gasteiger partial charge in [0.2, 0.25) is 0 Å². The molecule has 1 aliphatic heterocycles. The molecule has 126 valence electrons. The number of hydrogen-bond donors (Lipinski definition) is 1. The Bertz CT molecular complexity index is 537. The van der Waals surface area contributed by atoms with Crippen molar-refractivity contribution >= 4 is 5.91 Å². The lowest BCUT2D eigenvalue weighted by Crippen LogP contribution is -2.37. The van der Waals surface area contributed by atoms with Gasteiger partial charge in [0.15, 0.2) is 0 Å². The molecular formula is C19H27NO3. The quantitative estimate of drug-likeness (QED) is 0.905. The van der Waals surface area contributed by atoms with E-state index in [1.54, 1.807) is 6.92 Å². The Morgan fingerprint density at radius 1 is 1.30 bits per heavy atom. The van der Waals surface area contributed by atoms with Crippen molar-refractivity contribution in [3.05, 3.63) is 29.8 Å². The molecule has 0 radical (unpaired) electrons. The molecule has 1 heterocycles. The molecule has 2 atom stereocenters. The summed E-state index contributed by atoms with van der Waals surface area (Å²) in [7, 11) is 0. The number of carbonyl (C=O) groups excluding carboxylic acids is 1. The van der Waals surface area contributed by atoms with Crippen LogP contribution in [0.15, 0.2) is 24.3 Å². The Hall–Kier alpha value is -1.55. The van der Waals surface area contributed by atoms with Crippen molar-refractivity contribution in [2.45, 2.75) is 70.1 Å². The number of aliphatic hydroxyl groups is 1. The van der Waals surface area contributed by atoms with E-state index >= 15 is 0 Å². The third kappa shape index (κ3) is 4.05. The third-order valence-electron chi connectivity index (χ3n) is 4.94. The first-order chi connectivity index (χ1) is 11.1. The lowest BCUT2D eigenvalue weighted by Gasteiger charge is -2.26. The second-order valence-corrected chi connectivity index (χ2v) is 6.93. The van der Waals surface area contributed by atoms with Gasteiger partial charge in [0.1, 0.15) is 5.75 Å². The first kappa shape index (κ1) is 16.3. The molecule has 4 heteroatoms. The van der Waals surface area contributed by atoms with E-state index in [4.69, 9.17) is 4.74 Å². The third-order valence-corrected chi connectivity index (χ3v) is 4.94. The highest BCUT2D eigenvalue weighted by Gasteiger charge is 2.30. The van der Waals surface area contributed by atoms with Gasteiger partial charge in [-0.2, -0.15) is 0 Å². The largest absolute Gasteiger partial charge is 0.490 e. The van der Waals surface area contributed by atoms with E-state index in [0.717, 1.165) is 38.0 Å². The first-order valence-electron chi connectivity index (χ1n) is 8.89. The van der Waals surface area contributed by atoms with E-state index in [9.17, 15) is 9.90 Å². The Kier molecular flexibility index (Phi) is 5.21. The van der Waals surface area contributed by atoms with Gasteiger partial charge in [0.05, 0.1) is 12.2 Å². The summed E-state index contributed by atoms with van der Waals surface area (Å²) in [4.78, 5) is 14.7. The highest BCUT2D eigenvalue weighted by molar-refractivity contribution is 5.95. The van der Waals surface area contributed by atoms with Gasteiger partial charge in [0, 0.05) is 18.2 Å². The van der Waals surface area contributed by atoms with Crippen LogP contribution in [0, 0.1) is 0 Å². The van der Waals surface area contributed by atoms with E-state index in [0.29, 0.717) is 18.1 Å². The minimum Gasteiger partial charge on any atom is -0.490 e. The molecule has 1 amide bonds. The number of aliphatic hydroxyl groups excluding tert-OH is 1. The molecule has 0 spiro atoms. The number of ether oxygens (including phenoxy) is 1. The molecule has 1 N–H and O–H groups in total. The van der Waals surface area contributed by atoms with Crippen molar-refractivity contribution in [2.24, 2.45) is 0 Å². The fourth-order valence-corrected chi connectivity index (χ4v) is 3.81. The normalized spacial score (nSPS) is 23.2. The molecule has 23 heavy (non-hydrogen) atoms. The number of hydrogen-bond acceptors (Lipinski definition) is 3. The Labute approximate surface area is 138 Å². The van der Waals surface area contributed by atoms with Gasteiger partial charge < -0.3 is 14.7 Å². The molecule has 0 bridgehead atoms. The van der Waals surface area contributed by atoms with Crippen LogP contribution in [0.25, 0.3) is 0 Å². The predicted molar refractivity (Wildman–Crippen MR) is 89.7 cm³/mol. The summed E-state index contributed by atoms with van der Waals surface area (Å²) in [6, 6.07) is 7.73. The maximum atomic E-state index is 12.8. The zero-order chi connectivity index (χ0) is 16.2. The Morgan fingerprint density at radius 3 is 2.83 bits per heavy atom. The fraction of sp³-hybridized carbons (Fsp3) is 0.632. The van der Waals surface area contributed by atoms with Gasteiger partial charge in [-0.25, -0.2) is 0 Å². The summed E-state index contributed by atoms with van der Waals surface area (Å²) in [6.45, 7) is 2.57. The minimum absolute atomic E-state index is 0.0602. The lowest BCUT2D eigenvalue weighted by atomic mass is 10.1. The predicted octanol–water partition coefficient (Wildman–Crippen LogP) is 3.38. The number of benzene rings is 1. The van der Waals surface area contributed by atoms with Crippen molar-refractivity contribution in [3.63, 3.8) is 0 Å². The monoisotopic (exact) mass is 317 g/mol. The molecule has 1 aliphatic carbocycles. The lowest BCUT2D eigenvalue weighted by molar-refractivity contribution is 0.0681. The van der Waals surface area contributed by atoms with Gasteiger partial charge in [-0.1, -0.05) is 6.07 Å². The summed E-state index contributed by atoms with van der Waals surface area (Å²) >= 11 is 0. The molecule has 1 aromatic carbocycles. The summed E-state index contributed by atoms with van der Waals surface area (Å²) in [5, 5.41) is 9.63. The molecule has 1 saturated heterocycles. The summed E-state index contributed by atoms with van der Waals surface area (Å²) in [5.74, 6) is 0.860. The Balaban J connectivity index is 1.68. The standard InChI is InChI=1S/C19H27NO3/c1-14(21)12-16-7-5-11-20(16)19(22)15-6-4-10-18(13-15)23-17-8-2-3-9-17/h4,6,10,13-14,16-17,21H,2-3,5,7-9,11-12H2,1H3. The molecular weight excluding hydrogens is 290 g/mol. The van der Waals surface area contributed by atoms with E-state index < -0.39 is 0 Å².